The summed E-state index contributed by atoms with van der Waals surface area (Å²) in [5.74, 6) is 0.635. The van der Waals surface area contributed by atoms with Gasteiger partial charge in [-0.25, -0.2) is 9.07 Å². The van der Waals surface area contributed by atoms with Crippen LogP contribution in [0.25, 0.3) is 5.69 Å². The van der Waals surface area contributed by atoms with E-state index in [9.17, 15) is 9.65 Å². The molecule has 4 N–H and O–H groups in total. The van der Waals surface area contributed by atoms with Gasteiger partial charge in [-0.1, -0.05) is 0 Å². The first kappa shape index (κ1) is 20.4. The van der Waals surface area contributed by atoms with Crippen LogP contribution in [0.1, 0.15) is 23.2 Å². The SMILES string of the molecule is CN=C(NCCCc1nn(-c2ccc(F)cc2)c(N)c1C#N)NCc1ccsc1. The summed E-state index contributed by atoms with van der Waals surface area (Å²) >= 11 is 1.66. The van der Waals surface area contributed by atoms with Crippen molar-refractivity contribution in [2.24, 2.45) is 4.99 Å². The van der Waals surface area contributed by atoms with Crippen molar-refractivity contribution >= 4 is 23.1 Å². The molecule has 3 aromatic rings. The lowest BCUT2D eigenvalue weighted by Gasteiger charge is -2.10. The Balaban J connectivity index is 1.57. The van der Waals surface area contributed by atoms with Gasteiger partial charge in [-0.05, 0) is 59.5 Å². The highest BCUT2D eigenvalue weighted by Crippen LogP contribution is 2.21. The second-order valence-electron chi connectivity index (χ2n) is 6.29. The lowest BCUT2D eigenvalue weighted by Crippen LogP contribution is -2.37. The Morgan fingerprint density at radius 1 is 1.31 bits per heavy atom. The Hall–Kier alpha value is -3.38. The molecule has 0 unspecified atom stereocenters. The first-order chi connectivity index (χ1) is 14.1. The van der Waals surface area contributed by atoms with Gasteiger partial charge in [0.05, 0.1) is 11.4 Å². The molecule has 150 valence electrons. The number of aliphatic imine (C=N–C) groups is 1. The van der Waals surface area contributed by atoms with Gasteiger partial charge in [0.15, 0.2) is 5.96 Å². The largest absolute Gasteiger partial charge is 0.382 e. The molecule has 2 aromatic heterocycles. The lowest BCUT2D eigenvalue weighted by atomic mass is 10.1. The maximum Gasteiger partial charge on any atom is 0.191 e. The minimum atomic E-state index is -0.340. The summed E-state index contributed by atoms with van der Waals surface area (Å²) in [4.78, 5) is 4.21. The van der Waals surface area contributed by atoms with Crippen LogP contribution in [-0.2, 0) is 13.0 Å². The average Bonchev–Trinajstić information content (AvgIpc) is 3.36. The average molecular weight is 412 g/mol. The van der Waals surface area contributed by atoms with Crippen molar-refractivity contribution in [1.29, 1.82) is 5.26 Å². The maximum atomic E-state index is 13.2. The van der Waals surface area contributed by atoms with Crippen LogP contribution < -0.4 is 16.4 Å². The second-order valence-corrected chi connectivity index (χ2v) is 7.07. The van der Waals surface area contributed by atoms with E-state index in [-0.39, 0.29) is 11.6 Å². The van der Waals surface area contributed by atoms with Crippen molar-refractivity contribution in [3.8, 4) is 11.8 Å². The molecule has 0 atom stereocenters. The second kappa shape index (κ2) is 9.71. The van der Waals surface area contributed by atoms with Gasteiger partial charge in [0, 0.05) is 20.1 Å². The Bertz CT molecular complexity index is 1000. The third-order valence-electron chi connectivity index (χ3n) is 4.32. The number of rotatable bonds is 7. The van der Waals surface area contributed by atoms with Crippen LogP contribution in [0.4, 0.5) is 10.2 Å². The van der Waals surface area contributed by atoms with E-state index in [1.165, 1.54) is 22.4 Å². The summed E-state index contributed by atoms with van der Waals surface area (Å²) < 4.78 is 14.6. The number of hydrogen-bond donors (Lipinski definition) is 3. The number of aryl methyl sites for hydroxylation is 1. The van der Waals surface area contributed by atoms with Gasteiger partial charge >= 0.3 is 0 Å². The number of thiophene rings is 1. The van der Waals surface area contributed by atoms with E-state index in [1.54, 1.807) is 30.5 Å². The molecule has 0 saturated carbocycles. The predicted molar refractivity (Wildman–Crippen MR) is 113 cm³/mol. The monoisotopic (exact) mass is 411 g/mol. The molecule has 7 nitrogen and oxygen atoms in total. The number of nitrogens with one attached hydrogen (secondary N) is 2. The highest BCUT2D eigenvalue weighted by Gasteiger charge is 2.16. The molecule has 2 heterocycles. The molecule has 9 heteroatoms. The molecular formula is C20H22FN7S. The van der Waals surface area contributed by atoms with Gasteiger partial charge in [0.1, 0.15) is 23.3 Å². The van der Waals surface area contributed by atoms with Crippen molar-refractivity contribution in [2.45, 2.75) is 19.4 Å². The zero-order valence-electron chi connectivity index (χ0n) is 16.0. The van der Waals surface area contributed by atoms with E-state index in [0.717, 1.165) is 6.42 Å². The maximum absolute atomic E-state index is 13.2. The fourth-order valence-electron chi connectivity index (χ4n) is 2.82. The van der Waals surface area contributed by atoms with Crippen molar-refractivity contribution in [3.63, 3.8) is 0 Å². The van der Waals surface area contributed by atoms with Crippen LogP contribution in [0, 0.1) is 17.1 Å². The molecule has 0 fully saturated rings. The highest BCUT2D eigenvalue weighted by atomic mass is 32.1. The Morgan fingerprint density at radius 2 is 2.10 bits per heavy atom. The highest BCUT2D eigenvalue weighted by molar-refractivity contribution is 7.07. The molecule has 0 amide bonds. The van der Waals surface area contributed by atoms with Crippen LogP contribution in [0.3, 0.4) is 0 Å². The lowest BCUT2D eigenvalue weighted by molar-refractivity contribution is 0.627. The summed E-state index contributed by atoms with van der Waals surface area (Å²) in [6, 6.07) is 10.0. The molecule has 0 radical (unpaired) electrons. The van der Waals surface area contributed by atoms with Crippen LogP contribution in [0.2, 0.25) is 0 Å². The van der Waals surface area contributed by atoms with Crippen LogP contribution in [-0.4, -0.2) is 29.3 Å². The third kappa shape index (κ3) is 5.12. The predicted octanol–water partition coefficient (Wildman–Crippen LogP) is 2.82. The Labute approximate surface area is 172 Å². The zero-order valence-corrected chi connectivity index (χ0v) is 16.8. The fraction of sp³-hybridized carbons (Fsp3) is 0.250. The van der Waals surface area contributed by atoms with E-state index < -0.39 is 0 Å². The van der Waals surface area contributed by atoms with Crippen LogP contribution in [0.15, 0.2) is 46.1 Å². The molecule has 3 rings (SSSR count). The van der Waals surface area contributed by atoms with Crippen molar-refractivity contribution in [1.82, 2.24) is 20.4 Å². The Morgan fingerprint density at radius 3 is 2.76 bits per heavy atom. The molecule has 0 aliphatic carbocycles. The first-order valence-electron chi connectivity index (χ1n) is 9.11. The van der Waals surface area contributed by atoms with Gasteiger partial charge in [-0.2, -0.15) is 21.7 Å². The summed E-state index contributed by atoms with van der Waals surface area (Å²) in [5, 5.41) is 24.6. The van der Waals surface area contributed by atoms with E-state index in [2.05, 4.69) is 38.2 Å². The van der Waals surface area contributed by atoms with Crippen molar-refractivity contribution in [2.75, 3.05) is 19.3 Å². The molecule has 0 aliphatic rings. The number of nitrogens with two attached hydrogens (primary N) is 1. The van der Waals surface area contributed by atoms with E-state index >= 15 is 0 Å². The standard InChI is InChI=1S/C20H22FN7S/c1-24-20(26-12-14-8-10-29-13-14)25-9-2-3-18-17(11-22)19(23)28(27-18)16-6-4-15(21)5-7-16/h4-8,10,13H,2-3,9,12,23H2,1H3,(H2,24,25,26). The molecule has 0 saturated heterocycles. The third-order valence-corrected chi connectivity index (χ3v) is 5.06. The Kier molecular flexibility index (Phi) is 6.81. The normalized spacial score (nSPS) is 11.3. The molecule has 1 aromatic carbocycles. The summed E-state index contributed by atoms with van der Waals surface area (Å²) in [6.07, 6.45) is 1.32. The van der Waals surface area contributed by atoms with Gasteiger partial charge in [-0.3, -0.25) is 4.99 Å². The number of aromatic nitrogens is 2. The smallest absolute Gasteiger partial charge is 0.191 e. The number of anilines is 1. The number of nitrogens with zero attached hydrogens (tertiary/aromatic N) is 4. The van der Waals surface area contributed by atoms with Gasteiger partial charge in [-0.15, -0.1) is 0 Å². The van der Waals surface area contributed by atoms with Crippen molar-refractivity contribution in [3.05, 3.63) is 63.7 Å². The van der Waals surface area contributed by atoms with Gasteiger partial charge in [0.2, 0.25) is 0 Å². The summed E-state index contributed by atoms with van der Waals surface area (Å²) in [5.41, 5.74) is 8.88. The zero-order chi connectivity index (χ0) is 20.6. The summed E-state index contributed by atoms with van der Waals surface area (Å²) in [7, 11) is 1.72. The molecule has 0 bridgehead atoms. The number of benzene rings is 1. The first-order valence-corrected chi connectivity index (χ1v) is 10.1. The molecule has 29 heavy (non-hydrogen) atoms. The topological polar surface area (TPSA) is 104 Å². The molecule has 0 aliphatic heterocycles. The molecule has 0 spiro atoms. The van der Waals surface area contributed by atoms with E-state index in [4.69, 9.17) is 5.73 Å². The van der Waals surface area contributed by atoms with Crippen molar-refractivity contribution < 1.29 is 4.39 Å². The minimum Gasteiger partial charge on any atom is -0.382 e. The number of guanidine groups is 1. The number of nitriles is 1. The van der Waals surface area contributed by atoms with Crippen LogP contribution in [0.5, 0.6) is 0 Å². The van der Waals surface area contributed by atoms with Gasteiger partial charge < -0.3 is 16.4 Å². The minimum absolute atomic E-state index is 0.260. The number of halogens is 1. The van der Waals surface area contributed by atoms with E-state index in [1.807, 2.05) is 5.38 Å². The van der Waals surface area contributed by atoms with Gasteiger partial charge in [0.25, 0.3) is 0 Å². The van der Waals surface area contributed by atoms with E-state index in [0.29, 0.717) is 42.4 Å². The quantitative estimate of drug-likeness (QED) is 0.315. The van der Waals surface area contributed by atoms with Crippen LogP contribution >= 0.6 is 11.3 Å². The number of hydrogen-bond acceptors (Lipinski definition) is 5. The number of nitrogen functional groups attached to an aromatic ring is 1. The fourth-order valence-corrected chi connectivity index (χ4v) is 3.49. The molecular weight excluding hydrogens is 389 g/mol. The summed E-state index contributed by atoms with van der Waals surface area (Å²) in [6.45, 7) is 1.37.